The third-order valence-corrected chi connectivity index (χ3v) is 7.43. The highest BCUT2D eigenvalue weighted by atomic mass is 35.5. The smallest absolute Gasteiger partial charge is 0.227 e. The predicted octanol–water partition coefficient (Wildman–Crippen LogP) is 4.78. The summed E-state index contributed by atoms with van der Waals surface area (Å²) in [6, 6.07) is 12.3. The summed E-state index contributed by atoms with van der Waals surface area (Å²) < 4.78 is 11.2. The van der Waals surface area contributed by atoms with Gasteiger partial charge < -0.3 is 14.4 Å². The first-order valence-corrected chi connectivity index (χ1v) is 10.9. The number of fused-ring (bicyclic) bond motifs is 5. The van der Waals surface area contributed by atoms with Crippen molar-refractivity contribution in [3.8, 4) is 11.5 Å². The molecule has 30 heavy (non-hydrogen) atoms. The molecule has 0 aromatic heterocycles. The fourth-order valence-electron chi connectivity index (χ4n) is 5.87. The fourth-order valence-corrected chi connectivity index (χ4v) is 5.99. The Morgan fingerprint density at radius 3 is 2.50 bits per heavy atom. The van der Waals surface area contributed by atoms with E-state index < -0.39 is 0 Å². The van der Waals surface area contributed by atoms with Crippen molar-refractivity contribution < 1.29 is 14.3 Å². The minimum atomic E-state index is -0.381. The van der Waals surface area contributed by atoms with E-state index in [0.717, 1.165) is 48.7 Å². The fraction of sp³-hybridized carbons (Fsp3) is 0.400. The summed E-state index contributed by atoms with van der Waals surface area (Å²) in [7, 11) is 3.34. The number of allylic oxidation sites excluding steroid dienone is 2. The SMILES string of the molecule is COc1cc2c(cc1OC)[C@]1(Cc3ccc(Cl)cc3)[C@@H]3CC=CC[C@@H]3C(=O)N1CC2. The minimum Gasteiger partial charge on any atom is -0.493 e. The second-order valence-electron chi connectivity index (χ2n) is 8.49. The van der Waals surface area contributed by atoms with E-state index in [1.54, 1.807) is 14.2 Å². The zero-order valence-electron chi connectivity index (χ0n) is 17.4. The normalized spacial score (nSPS) is 26.8. The molecule has 1 fully saturated rings. The molecule has 2 aromatic rings. The molecule has 0 N–H and O–H groups in total. The summed E-state index contributed by atoms with van der Waals surface area (Å²) in [6.07, 6.45) is 7.75. The lowest BCUT2D eigenvalue weighted by atomic mass is 9.66. The third kappa shape index (κ3) is 2.77. The van der Waals surface area contributed by atoms with Crippen molar-refractivity contribution in [2.45, 2.75) is 31.2 Å². The lowest BCUT2D eigenvalue weighted by molar-refractivity contribution is -0.134. The van der Waals surface area contributed by atoms with E-state index in [-0.39, 0.29) is 17.4 Å². The highest BCUT2D eigenvalue weighted by Crippen LogP contribution is 2.56. The Balaban J connectivity index is 1.73. The Morgan fingerprint density at radius 2 is 1.77 bits per heavy atom. The van der Waals surface area contributed by atoms with Crippen molar-refractivity contribution in [1.29, 1.82) is 0 Å². The molecule has 2 aromatic carbocycles. The average molecular weight is 424 g/mol. The van der Waals surface area contributed by atoms with Crippen LogP contribution in [-0.4, -0.2) is 31.6 Å². The van der Waals surface area contributed by atoms with E-state index in [9.17, 15) is 4.79 Å². The summed E-state index contributed by atoms with van der Waals surface area (Å²) in [5.41, 5.74) is 3.27. The molecule has 0 saturated carbocycles. The molecule has 0 bridgehead atoms. The zero-order chi connectivity index (χ0) is 20.9. The van der Waals surface area contributed by atoms with E-state index >= 15 is 0 Å². The van der Waals surface area contributed by atoms with Crippen molar-refractivity contribution in [3.05, 3.63) is 70.3 Å². The summed E-state index contributed by atoms with van der Waals surface area (Å²) in [5.74, 6) is 2.04. The highest BCUT2D eigenvalue weighted by molar-refractivity contribution is 6.30. The number of hydrogen-bond donors (Lipinski definition) is 0. The molecule has 0 spiro atoms. The van der Waals surface area contributed by atoms with Crippen LogP contribution < -0.4 is 9.47 Å². The van der Waals surface area contributed by atoms with Crippen LogP contribution in [0.15, 0.2) is 48.6 Å². The van der Waals surface area contributed by atoms with Crippen LogP contribution in [0.25, 0.3) is 0 Å². The van der Waals surface area contributed by atoms with Gasteiger partial charge in [0.15, 0.2) is 11.5 Å². The third-order valence-electron chi connectivity index (χ3n) is 7.18. The number of carbonyl (C=O) groups excluding carboxylic acids is 1. The number of halogens is 1. The Kier molecular flexibility index (Phi) is 4.78. The monoisotopic (exact) mass is 423 g/mol. The lowest BCUT2D eigenvalue weighted by Crippen LogP contribution is -2.52. The van der Waals surface area contributed by atoms with Gasteiger partial charge in [-0.2, -0.15) is 0 Å². The maximum Gasteiger partial charge on any atom is 0.227 e. The highest BCUT2D eigenvalue weighted by Gasteiger charge is 2.60. The Morgan fingerprint density at radius 1 is 1.07 bits per heavy atom. The molecular weight excluding hydrogens is 398 g/mol. The van der Waals surface area contributed by atoms with Gasteiger partial charge in [0.1, 0.15) is 0 Å². The van der Waals surface area contributed by atoms with Gasteiger partial charge in [-0.3, -0.25) is 4.79 Å². The first kappa shape index (κ1) is 19.5. The van der Waals surface area contributed by atoms with Crippen LogP contribution in [0.1, 0.15) is 29.5 Å². The predicted molar refractivity (Wildman–Crippen MR) is 117 cm³/mol. The van der Waals surface area contributed by atoms with Crippen molar-refractivity contribution in [1.82, 2.24) is 4.90 Å². The Labute approximate surface area is 182 Å². The van der Waals surface area contributed by atoms with Gasteiger partial charge >= 0.3 is 0 Å². The molecule has 5 heteroatoms. The number of hydrogen-bond acceptors (Lipinski definition) is 3. The number of amides is 1. The van der Waals surface area contributed by atoms with Crippen LogP contribution in [0.5, 0.6) is 11.5 Å². The molecule has 1 aliphatic carbocycles. The first-order chi connectivity index (χ1) is 14.6. The minimum absolute atomic E-state index is 0.0429. The van der Waals surface area contributed by atoms with Crippen LogP contribution in [0.3, 0.4) is 0 Å². The number of ether oxygens (including phenoxy) is 2. The molecule has 2 aliphatic heterocycles. The molecule has 3 atom stereocenters. The van der Waals surface area contributed by atoms with Crippen LogP contribution in [0.2, 0.25) is 5.02 Å². The average Bonchev–Trinajstić information content (AvgIpc) is 3.03. The van der Waals surface area contributed by atoms with Gasteiger partial charge in [-0.05, 0) is 60.2 Å². The van der Waals surface area contributed by atoms with Gasteiger partial charge in [0.2, 0.25) is 5.91 Å². The molecule has 4 nitrogen and oxygen atoms in total. The number of rotatable bonds is 4. The van der Waals surface area contributed by atoms with E-state index in [1.165, 1.54) is 16.7 Å². The first-order valence-electron chi connectivity index (χ1n) is 10.5. The quantitative estimate of drug-likeness (QED) is 0.664. The number of nitrogens with zero attached hydrogens (tertiary/aromatic N) is 1. The van der Waals surface area contributed by atoms with Crippen LogP contribution in [0.4, 0.5) is 0 Å². The molecule has 1 amide bonds. The van der Waals surface area contributed by atoms with Gasteiger partial charge in [-0.1, -0.05) is 35.9 Å². The maximum atomic E-state index is 13.5. The second kappa shape index (κ2) is 7.35. The van der Waals surface area contributed by atoms with E-state index in [0.29, 0.717) is 5.91 Å². The molecule has 156 valence electrons. The van der Waals surface area contributed by atoms with Gasteiger partial charge in [-0.25, -0.2) is 0 Å². The van der Waals surface area contributed by atoms with Crippen molar-refractivity contribution >= 4 is 17.5 Å². The maximum absolute atomic E-state index is 13.5. The number of benzene rings is 2. The topological polar surface area (TPSA) is 38.8 Å². The van der Waals surface area contributed by atoms with Gasteiger partial charge in [-0.15, -0.1) is 0 Å². The van der Waals surface area contributed by atoms with Gasteiger partial charge in [0.25, 0.3) is 0 Å². The van der Waals surface area contributed by atoms with E-state index in [4.69, 9.17) is 21.1 Å². The Bertz CT molecular complexity index is 1020. The van der Waals surface area contributed by atoms with Gasteiger partial charge in [0, 0.05) is 29.8 Å². The van der Waals surface area contributed by atoms with E-state index in [1.807, 2.05) is 12.1 Å². The summed E-state index contributed by atoms with van der Waals surface area (Å²) in [6.45, 7) is 0.738. The van der Waals surface area contributed by atoms with Crippen molar-refractivity contribution in [2.75, 3.05) is 20.8 Å². The lowest BCUT2D eigenvalue weighted by Gasteiger charge is -2.48. The van der Waals surface area contributed by atoms with Crippen molar-refractivity contribution in [2.24, 2.45) is 11.8 Å². The summed E-state index contributed by atoms with van der Waals surface area (Å²) in [5, 5.41) is 0.726. The van der Waals surface area contributed by atoms with Crippen LogP contribution >= 0.6 is 11.6 Å². The standard InChI is InChI=1S/C25H26ClNO3/c1-29-22-13-17-11-12-27-24(28)19-5-3-4-6-20(19)25(27,21(17)14-23(22)30-2)15-16-7-9-18(26)10-8-16/h3-4,7-10,13-14,19-20H,5-6,11-12,15H2,1-2H3/t19-,20+,25-/m0/s1. The molecule has 0 radical (unpaired) electrons. The second-order valence-corrected chi connectivity index (χ2v) is 8.92. The molecular formula is C25H26ClNO3. The number of carbonyl (C=O) groups is 1. The molecule has 1 saturated heterocycles. The van der Waals surface area contributed by atoms with Crippen LogP contribution in [0, 0.1) is 11.8 Å². The van der Waals surface area contributed by atoms with Gasteiger partial charge in [0.05, 0.1) is 19.8 Å². The molecule has 5 rings (SSSR count). The van der Waals surface area contributed by atoms with Crippen LogP contribution in [-0.2, 0) is 23.2 Å². The molecule has 3 aliphatic rings. The Hall–Kier alpha value is -2.46. The summed E-state index contributed by atoms with van der Waals surface area (Å²) >= 11 is 6.15. The summed E-state index contributed by atoms with van der Waals surface area (Å²) in [4.78, 5) is 15.7. The molecule has 0 unspecified atom stereocenters. The largest absolute Gasteiger partial charge is 0.493 e. The zero-order valence-corrected chi connectivity index (χ0v) is 18.1. The number of methoxy groups -OCH3 is 2. The van der Waals surface area contributed by atoms with Crippen molar-refractivity contribution in [3.63, 3.8) is 0 Å². The molecule has 2 heterocycles. The van der Waals surface area contributed by atoms with E-state index in [2.05, 4.69) is 41.3 Å².